The molecule has 25 heavy (non-hydrogen) atoms. The van der Waals surface area contributed by atoms with Gasteiger partial charge in [-0.25, -0.2) is 0 Å². The Balaban J connectivity index is 4.16. The number of unbranched alkanes of at least 4 members (excludes halogenated alkanes) is 2. The van der Waals surface area contributed by atoms with E-state index in [4.69, 9.17) is 14.9 Å². The molecule has 0 saturated heterocycles. The Morgan fingerprint density at radius 2 is 1.20 bits per heavy atom. The van der Waals surface area contributed by atoms with Crippen molar-refractivity contribution in [3.05, 3.63) is 0 Å². The SMILES string of the molecule is COCCN(CCCCC(C)(C)C(=O)O)CCCCC(C)(C)C(=O)O. The number of carboxylic acid groups (broad SMARTS) is 2. The molecule has 0 aliphatic rings. The van der Waals surface area contributed by atoms with Crippen molar-refractivity contribution in [1.29, 1.82) is 0 Å². The molecule has 0 fully saturated rings. The zero-order chi connectivity index (χ0) is 19.5. The molecule has 0 rings (SSSR count). The van der Waals surface area contributed by atoms with Gasteiger partial charge in [-0.1, -0.05) is 12.8 Å². The number of ether oxygens (including phenoxy) is 1. The molecule has 6 heteroatoms. The Labute approximate surface area is 152 Å². The monoisotopic (exact) mass is 359 g/mol. The van der Waals surface area contributed by atoms with E-state index in [1.54, 1.807) is 34.8 Å². The molecule has 0 bridgehead atoms. The molecule has 0 aromatic rings. The van der Waals surface area contributed by atoms with Gasteiger partial charge in [0.05, 0.1) is 17.4 Å². The Morgan fingerprint density at radius 3 is 1.52 bits per heavy atom. The number of carbonyl (C=O) groups is 2. The third-order valence-corrected chi connectivity index (χ3v) is 4.82. The summed E-state index contributed by atoms with van der Waals surface area (Å²) in [5.74, 6) is -1.49. The predicted molar refractivity (Wildman–Crippen MR) is 98.9 cm³/mol. The Hall–Kier alpha value is -1.14. The van der Waals surface area contributed by atoms with Crippen LogP contribution in [0.3, 0.4) is 0 Å². The van der Waals surface area contributed by atoms with E-state index < -0.39 is 22.8 Å². The Morgan fingerprint density at radius 1 is 0.800 bits per heavy atom. The van der Waals surface area contributed by atoms with Crippen molar-refractivity contribution in [1.82, 2.24) is 4.90 Å². The molecule has 0 aliphatic carbocycles. The van der Waals surface area contributed by atoms with Crippen molar-refractivity contribution in [3.8, 4) is 0 Å². The Bertz CT molecular complexity index is 373. The number of rotatable bonds is 15. The summed E-state index contributed by atoms with van der Waals surface area (Å²) in [5, 5.41) is 18.3. The molecule has 0 spiro atoms. The molecular weight excluding hydrogens is 322 g/mol. The number of hydrogen-bond donors (Lipinski definition) is 2. The van der Waals surface area contributed by atoms with Crippen LogP contribution in [0.25, 0.3) is 0 Å². The van der Waals surface area contributed by atoms with Crippen LogP contribution in [0.2, 0.25) is 0 Å². The summed E-state index contributed by atoms with van der Waals surface area (Å²) in [6.07, 6.45) is 5.03. The topological polar surface area (TPSA) is 87.1 Å². The van der Waals surface area contributed by atoms with E-state index in [1.807, 2.05) is 0 Å². The number of methoxy groups -OCH3 is 1. The van der Waals surface area contributed by atoms with Crippen molar-refractivity contribution in [3.63, 3.8) is 0 Å². The zero-order valence-corrected chi connectivity index (χ0v) is 16.6. The normalized spacial score (nSPS) is 12.6. The second-order valence-corrected chi connectivity index (χ2v) is 8.13. The van der Waals surface area contributed by atoms with Gasteiger partial charge in [0.25, 0.3) is 0 Å². The highest BCUT2D eigenvalue weighted by molar-refractivity contribution is 5.73. The average Bonchev–Trinajstić information content (AvgIpc) is 2.51. The lowest BCUT2D eigenvalue weighted by atomic mass is 9.87. The number of nitrogens with zero attached hydrogens (tertiary/aromatic N) is 1. The Kier molecular flexibility index (Phi) is 10.9. The van der Waals surface area contributed by atoms with Crippen LogP contribution in [0.4, 0.5) is 0 Å². The van der Waals surface area contributed by atoms with E-state index in [0.717, 1.165) is 45.3 Å². The summed E-state index contributed by atoms with van der Waals surface area (Å²) in [7, 11) is 1.68. The predicted octanol–water partition coefficient (Wildman–Crippen LogP) is 3.50. The summed E-state index contributed by atoms with van der Waals surface area (Å²) in [6.45, 7) is 10.4. The standard InChI is InChI=1S/C19H37NO5/c1-18(2,16(21)22)10-6-8-12-20(14-15-25-5)13-9-7-11-19(3,4)17(23)24/h6-15H2,1-5H3,(H,21,22)(H,23,24). The van der Waals surface area contributed by atoms with Gasteiger partial charge in [0.15, 0.2) is 0 Å². The fraction of sp³-hybridized carbons (Fsp3) is 0.895. The largest absolute Gasteiger partial charge is 0.481 e. The zero-order valence-electron chi connectivity index (χ0n) is 16.6. The van der Waals surface area contributed by atoms with Gasteiger partial charge in [-0.2, -0.15) is 0 Å². The van der Waals surface area contributed by atoms with Crippen LogP contribution in [0, 0.1) is 10.8 Å². The van der Waals surface area contributed by atoms with Crippen LogP contribution < -0.4 is 0 Å². The fourth-order valence-corrected chi connectivity index (χ4v) is 2.57. The number of carboxylic acids is 2. The highest BCUT2D eigenvalue weighted by Crippen LogP contribution is 2.24. The van der Waals surface area contributed by atoms with E-state index in [1.165, 1.54) is 0 Å². The molecule has 0 amide bonds. The molecule has 6 nitrogen and oxygen atoms in total. The van der Waals surface area contributed by atoms with E-state index in [2.05, 4.69) is 4.90 Å². The second kappa shape index (κ2) is 11.5. The summed E-state index contributed by atoms with van der Waals surface area (Å²) < 4.78 is 5.16. The molecule has 0 radical (unpaired) electrons. The molecule has 0 unspecified atom stereocenters. The first-order chi connectivity index (χ1) is 11.5. The van der Waals surface area contributed by atoms with E-state index in [-0.39, 0.29) is 0 Å². The maximum absolute atomic E-state index is 11.1. The van der Waals surface area contributed by atoms with Crippen molar-refractivity contribution < 1.29 is 24.5 Å². The maximum Gasteiger partial charge on any atom is 0.309 e. The molecule has 0 heterocycles. The van der Waals surface area contributed by atoms with Crippen LogP contribution in [-0.4, -0.2) is 60.4 Å². The van der Waals surface area contributed by atoms with Crippen LogP contribution in [0.1, 0.15) is 66.2 Å². The lowest BCUT2D eigenvalue weighted by molar-refractivity contribution is -0.148. The minimum Gasteiger partial charge on any atom is -0.481 e. The second-order valence-electron chi connectivity index (χ2n) is 8.13. The van der Waals surface area contributed by atoms with Crippen molar-refractivity contribution in [2.75, 3.05) is 33.4 Å². The quantitative estimate of drug-likeness (QED) is 0.435. The highest BCUT2D eigenvalue weighted by atomic mass is 16.5. The van der Waals surface area contributed by atoms with E-state index in [0.29, 0.717) is 19.4 Å². The fourth-order valence-electron chi connectivity index (χ4n) is 2.57. The molecule has 2 N–H and O–H groups in total. The van der Waals surface area contributed by atoms with Gasteiger partial charge >= 0.3 is 11.9 Å². The van der Waals surface area contributed by atoms with Crippen molar-refractivity contribution in [2.24, 2.45) is 10.8 Å². The van der Waals surface area contributed by atoms with Gasteiger partial charge in [0.1, 0.15) is 0 Å². The van der Waals surface area contributed by atoms with E-state index in [9.17, 15) is 9.59 Å². The van der Waals surface area contributed by atoms with Crippen LogP contribution >= 0.6 is 0 Å². The van der Waals surface area contributed by atoms with Crippen molar-refractivity contribution in [2.45, 2.75) is 66.2 Å². The smallest absolute Gasteiger partial charge is 0.309 e. The average molecular weight is 360 g/mol. The number of hydrogen-bond acceptors (Lipinski definition) is 4. The molecule has 148 valence electrons. The van der Waals surface area contributed by atoms with Crippen molar-refractivity contribution >= 4 is 11.9 Å². The first-order valence-corrected chi connectivity index (χ1v) is 9.21. The first-order valence-electron chi connectivity index (χ1n) is 9.21. The van der Waals surface area contributed by atoms with Gasteiger partial charge < -0.3 is 19.8 Å². The first kappa shape index (κ1) is 23.9. The summed E-state index contributed by atoms with van der Waals surface area (Å²) in [4.78, 5) is 24.6. The van der Waals surface area contributed by atoms with Gasteiger partial charge in [-0.15, -0.1) is 0 Å². The van der Waals surface area contributed by atoms with Crippen LogP contribution in [-0.2, 0) is 14.3 Å². The van der Waals surface area contributed by atoms with E-state index >= 15 is 0 Å². The van der Waals surface area contributed by atoms with Crippen LogP contribution in [0.5, 0.6) is 0 Å². The van der Waals surface area contributed by atoms with Gasteiger partial charge in [0, 0.05) is 13.7 Å². The summed E-state index contributed by atoms with van der Waals surface area (Å²) >= 11 is 0. The third-order valence-electron chi connectivity index (χ3n) is 4.82. The highest BCUT2D eigenvalue weighted by Gasteiger charge is 2.27. The molecule has 0 aliphatic heterocycles. The summed E-state index contributed by atoms with van der Waals surface area (Å²) in [6, 6.07) is 0. The minimum absolute atomic E-state index is 0.667. The maximum atomic E-state index is 11.1. The number of aliphatic carboxylic acids is 2. The van der Waals surface area contributed by atoms with Gasteiger partial charge in [-0.3, -0.25) is 9.59 Å². The molecule has 0 aromatic heterocycles. The van der Waals surface area contributed by atoms with Gasteiger partial charge in [-0.05, 0) is 66.5 Å². The van der Waals surface area contributed by atoms with Crippen LogP contribution in [0.15, 0.2) is 0 Å². The molecular formula is C19H37NO5. The minimum atomic E-state index is -0.746. The molecule has 0 aromatic carbocycles. The third kappa shape index (κ3) is 10.4. The lowest BCUT2D eigenvalue weighted by Crippen LogP contribution is -2.30. The lowest BCUT2D eigenvalue weighted by Gasteiger charge is -2.24. The molecule has 0 atom stereocenters. The summed E-state index contributed by atoms with van der Waals surface area (Å²) in [5.41, 5.74) is -1.33. The van der Waals surface area contributed by atoms with Gasteiger partial charge in [0.2, 0.25) is 0 Å². The molecule has 0 saturated carbocycles.